The van der Waals surface area contributed by atoms with Crippen LogP contribution < -0.4 is 5.32 Å². The number of rotatable bonds is 4. The molecule has 1 saturated carbocycles. The Hall–Kier alpha value is -0.770. The number of amides is 2. The molecule has 1 N–H and O–H groups in total. The van der Waals surface area contributed by atoms with Crippen LogP contribution in [0.4, 0.5) is 4.79 Å². The molecular weight excluding hydrogens is 180 g/mol. The Balaban J connectivity index is 2.26. The average molecular weight is 200 g/mol. The van der Waals surface area contributed by atoms with Crippen molar-refractivity contribution in [3.05, 3.63) is 0 Å². The fraction of sp³-hybridized carbons (Fsp3) is 0.900. The number of urea groups is 1. The Labute approximate surface area is 85.6 Å². The van der Waals surface area contributed by atoms with Crippen LogP contribution in [0.5, 0.6) is 0 Å². The van der Waals surface area contributed by atoms with Gasteiger partial charge in [-0.05, 0) is 26.2 Å². The van der Waals surface area contributed by atoms with Gasteiger partial charge in [0.25, 0.3) is 0 Å². The second kappa shape index (κ2) is 5.20. The zero-order valence-corrected chi connectivity index (χ0v) is 9.25. The number of carbonyl (C=O) groups excluding carboxylic acids is 1. The van der Waals surface area contributed by atoms with Crippen molar-refractivity contribution < 1.29 is 9.53 Å². The maximum absolute atomic E-state index is 11.6. The quantitative estimate of drug-likeness (QED) is 0.741. The first kappa shape index (κ1) is 11.3. The van der Waals surface area contributed by atoms with Crippen LogP contribution in [0.25, 0.3) is 0 Å². The molecule has 0 aliphatic heterocycles. The first-order chi connectivity index (χ1) is 6.65. The lowest BCUT2D eigenvalue weighted by atomic mass is 9.93. The average Bonchev–Trinajstić information content (AvgIpc) is 2.10. The van der Waals surface area contributed by atoms with E-state index in [1.807, 2.05) is 6.92 Å². The highest BCUT2D eigenvalue weighted by molar-refractivity contribution is 5.74. The number of hydrogen-bond acceptors (Lipinski definition) is 2. The van der Waals surface area contributed by atoms with E-state index in [0.717, 1.165) is 12.8 Å². The minimum atomic E-state index is 0.0132. The van der Waals surface area contributed by atoms with Crippen LogP contribution in [0.2, 0.25) is 0 Å². The van der Waals surface area contributed by atoms with E-state index in [2.05, 4.69) is 5.32 Å². The summed E-state index contributed by atoms with van der Waals surface area (Å²) >= 11 is 0. The van der Waals surface area contributed by atoms with E-state index in [9.17, 15) is 4.79 Å². The summed E-state index contributed by atoms with van der Waals surface area (Å²) in [6.07, 6.45) is 3.48. The molecule has 4 heteroatoms. The summed E-state index contributed by atoms with van der Waals surface area (Å²) in [6.45, 7) is 2.55. The summed E-state index contributed by atoms with van der Waals surface area (Å²) in [7, 11) is 3.45. The number of hydrogen-bond donors (Lipinski definition) is 1. The van der Waals surface area contributed by atoms with E-state index >= 15 is 0 Å². The number of nitrogens with zero attached hydrogens (tertiary/aromatic N) is 1. The highest BCUT2D eigenvalue weighted by Gasteiger charge is 2.22. The van der Waals surface area contributed by atoms with Crippen molar-refractivity contribution in [3.8, 4) is 0 Å². The Morgan fingerprint density at radius 3 is 2.71 bits per heavy atom. The van der Waals surface area contributed by atoms with Crippen molar-refractivity contribution in [1.82, 2.24) is 10.2 Å². The lowest BCUT2D eigenvalue weighted by molar-refractivity contribution is 0.120. The van der Waals surface area contributed by atoms with Gasteiger partial charge in [-0.3, -0.25) is 0 Å². The zero-order valence-electron chi connectivity index (χ0n) is 9.25. The van der Waals surface area contributed by atoms with E-state index in [4.69, 9.17) is 4.74 Å². The molecule has 0 bridgehead atoms. The van der Waals surface area contributed by atoms with Crippen LogP contribution in [0.3, 0.4) is 0 Å². The third-order valence-corrected chi connectivity index (χ3v) is 2.82. The van der Waals surface area contributed by atoms with Crippen LogP contribution in [0.15, 0.2) is 0 Å². The third-order valence-electron chi connectivity index (χ3n) is 2.82. The predicted octanol–water partition coefficient (Wildman–Crippen LogP) is 1.22. The van der Waals surface area contributed by atoms with Crippen LogP contribution in [-0.2, 0) is 4.74 Å². The standard InChI is InChI=1S/C10H20N2O2/c1-8(7-14-3)12(2)10(13)11-9-5-4-6-9/h8-9H,4-7H2,1-3H3,(H,11,13). The van der Waals surface area contributed by atoms with Crippen molar-refractivity contribution in [2.45, 2.75) is 38.3 Å². The molecule has 0 aromatic heterocycles. The summed E-state index contributed by atoms with van der Waals surface area (Å²) in [5, 5.41) is 2.99. The summed E-state index contributed by atoms with van der Waals surface area (Å²) in [5.41, 5.74) is 0. The number of methoxy groups -OCH3 is 1. The Morgan fingerprint density at radius 2 is 2.29 bits per heavy atom. The molecule has 14 heavy (non-hydrogen) atoms. The van der Waals surface area contributed by atoms with Gasteiger partial charge in [0.15, 0.2) is 0 Å². The topological polar surface area (TPSA) is 41.6 Å². The fourth-order valence-corrected chi connectivity index (χ4v) is 1.38. The van der Waals surface area contributed by atoms with E-state index in [1.54, 1.807) is 19.1 Å². The van der Waals surface area contributed by atoms with Gasteiger partial charge in [0, 0.05) is 20.2 Å². The number of carbonyl (C=O) groups is 1. The van der Waals surface area contributed by atoms with Crippen molar-refractivity contribution in [2.24, 2.45) is 0 Å². The van der Waals surface area contributed by atoms with E-state index in [-0.39, 0.29) is 12.1 Å². The fourth-order valence-electron chi connectivity index (χ4n) is 1.38. The predicted molar refractivity (Wildman–Crippen MR) is 55.3 cm³/mol. The van der Waals surface area contributed by atoms with E-state index in [0.29, 0.717) is 12.6 Å². The minimum absolute atomic E-state index is 0.0132. The van der Waals surface area contributed by atoms with Gasteiger partial charge in [0.1, 0.15) is 0 Å². The molecular formula is C10H20N2O2. The third kappa shape index (κ3) is 2.87. The number of ether oxygens (including phenoxy) is 1. The summed E-state index contributed by atoms with van der Waals surface area (Å²) < 4.78 is 5.00. The molecule has 1 unspecified atom stereocenters. The summed E-state index contributed by atoms with van der Waals surface area (Å²) in [4.78, 5) is 13.3. The molecule has 0 spiro atoms. The maximum Gasteiger partial charge on any atom is 0.317 e. The van der Waals surface area contributed by atoms with Crippen LogP contribution >= 0.6 is 0 Å². The van der Waals surface area contributed by atoms with Crippen molar-refractivity contribution >= 4 is 6.03 Å². The molecule has 1 fully saturated rings. The lowest BCUT2D eigenvalue weighted by Gasteiger charge is -2.31. The van der Waals surface area contributed by atoms with E-state index in [1.165, 1.54) is 6.42 Å². The molecule has 0 aromatic rings. The molecule has 82 valence electrons. The molecule has 0 saturated heterocycles. The second-order valence-electron chi connectivity index (χ2n) is 3.99. The highest BCUT2D eigenvalue weighted by atomic mass is 16.5. The normalized spacial score (nSPS) is 18.5. The highest BCUT2D eigenvalue weighted by Crippen LogP contribution is 2.18. The summed E-state index contributed by atoms with van der Waals surface area (Å²) in [5.74, 6) is 0. The van der Waals surface area contributed by atoms with E-state index < -0.39 is 0 Å². The zero-order chi connectivity index (χ0) is 10.6. The van der Waals surface area contributed by atoms with Gasteiger partial charge in [-0.2, -0.15) is 0 Å². The monoisotopic (exact) mass is 200 g/mol. The molecule has 1 rings (SSSR count). The minimum Gasteiger partial charge on any atom is -0.383 e. The van der Waals surface area contributed by atoms with Gasteiger partial charge >= 0.3 is 6.03 Å². The first-order valence-electron chi connectivity index (χ1n) is 5.17. The molecule has 0 heterocycles. The van der Waals surface area contributed by atoms with Gasteiger partial charge in [0.05, 0.1) is 12.6 Å². The maximum atomic E-state index is 11.6. The van der Waals surface area contributed by atoms with Crippen molar-refractivity contribution in [3.63, 3.8) is 0 Å². The molecule has 4 nitrogen and oxygen atoms in total. The molecule has 0 radical (unpaired) electrons. The van der Waals surface area contributed by atoms with Crippen molar-refractivity contribution in [2.75, 3.05) is 20.8 Å². The van der Waals surface area contributed by atoms with Gasteiger partial charge in [-0.25, -0.2) is 4.79 Å². The first-order valence-corrected chi connectivity index (χ1v) is 5.17. The van der Waals surface area contributed by atoms with Gasteiger partial charge in [-0.15, -0.1) is 0 Å². The lowest BCUT2D eigenvalue weighted by Crippen LogP contribution is -2.49. The second-order valence-corrected chi connectivity index (χ2v) is 3.99. The Bertz CT molecular complexity index is 193. The smallest absolute Gasteiger partial charge is 0.317 e. The molecule has 2 amide bonds. The number of nitrogens with one attached hydrogen (secondary N) is 1. The van der Waals surface area contributed by atoms with Gasteiger partial charge in [0.2, 0.25) is 0 Å². The van der Waals surface area contributed by atoms with Crippen LogP contribution in [-0.4, -0.2) is 43.8 Å². The van der Waals surface area contributed by atoms with Gasteiger partial charge in [-0.1, -0.05) is 0 Å². The number of likely N-dealkylation sites (N-methyl/N-ethyl adjacent to an activating group) is 1. The molecule has 1 atom stereocenters. The van der Waals surface area contributed by atoms with Crippen molar-refractivity contribution in [1.29, 1.82) is 0 Å². The Kier molecular flexibility index (Phi) is 4.20. The summed E-state index contributed by atoms with van der Waals surface area (Å²) in [6, 6.07) is 0.541. The Morgan fingerprint density at radius 1 is 1.64 bits per heavy atom. The SMILES string of the molecule is COCC(C)N(C)C(=O)NC1CCC1. The van der Waals surface area contributed by atoms with Crippen LogP contribution in [0, 0.1) is 0 Å². The van der Waals surface area contributed by atoms with Crippen LogP contribution in [0.1, 0.15) is 26.2 Å². The molecule has 0 aromatic carbocycles. The van der Waals surface area contributed by atoms with Gasteiger partial charge < -0.3 is 15.0 Å². The largest absolute Gasteiger partial charge is 0.383 e. The molecule has 1 aliphatic rings. The molecule has 1 aliphatic carbocycles.